The van der Waals surface area contributed by atoms with Crippen LogP contribution in [0, 0.1) is 11.7 Å². The van der Waals surface area contributed by atoms with Gasteiger partial charge in [-0.15, -0.1) is 0 Å². The SMILES string of the molecule is CC1=CCC(C(=O)NNC(=O)c2ccccc2)C(c2ccc(F)cc2)C1. The van der Waals surface area contributed by atoms with Crippen molar-refractivity contribution in [3.63, 3.8) is 0 Å². The number of halogens is 1. The fraction of sp³-hybridized carbons (Fsp3) is 0.238. The monoisotopic (exact) mass is 352 g/mol. The molecule has 0 saturated carbocycles. The van der Waals surface area contributed by atoms with Crippen molar-refractivity contribution in [2.24, 2.45) is 5.92 Å². The van der Waals surface area contributed by atoms with Crippen molar-refractivity contribution in [2.75, 3.05) is 0 Å². The fourth-order valence-electron chi connectivity index (χ4n) is 3.29. The van der Waals surface area contributed by atoms with Gasteiger partial charge in [-0.05, 0) is 55.5 Å². The highest BCUT2D eigenvalue weighted by Gasteiger charge is 2.32. The summed E-state index contributed by atoms with van der Waals surface area (Å²) in [4.78, 5) is 24.8. The first-order chi connectivity index (χ1) is 12.5. The summed E-state index contributed by atoms with van der Waals surface area (Å²) in [6, 6.07) is 15.0. The van der Waals surface area contributed by atoms with Crippen molar-refractivity contribution in [2.45, 2.75) is 25.7 Å². The van der Waals surface area contributed by atoms with Crippen LogP contribution in [0.25, 0.3) is 0 Å². The van der Waals surface area contributed by atoms with Crippen LogP contribution in [0.3, 0.4) is 0 Å². The zero-order chi connectivity index (χ0) is 18.5. The highest BCUT2D eigenvalue weighted by molar-refractivity contribution is 5.95. The fourth-order valence-corrected chi connectivity index (χ4v) is 3.29. The minimum Gasteiger partial charge on any atom is -0.273 e. The van der Waals surface area contributed by atoms with Gasteiger partial charge < -0.3 is 0 Å². The Labute approximate surface area is 152 Å². The molecule has 2 atom stereocenters. The molecular weight excluding hydrogens is 331 g/mol. The third-order valence-electron chi connectivity index (χ3n) is 4.72. The summed E-state index contributed by atoms with van der Waals surface area (Å²) in [7, 11) is 0. The summed E-state index contributed by atoms with van der Waals surface area (Å²) in [5.74, 6) is -1.27. The molecule has 0 aromatic heterocycles. The standard InChI is InChI=1S/C21H21FN2O2/c1-14-7-12-18(19(13-14)15-8-10-17(22)11-9-15)21(26)24-23-20(25)16-5-3-2-4-6-16/h2-11,18-19H,12-13H2,1H3,(H,23,25)(H,24,26). The maximum atomic E-state index is 13.2. The number of hydrogen-bond acceptors (Lipinski definition) is 2. The van der Waals surface area contributed by atoms with Crippen LogP contribution < -0.4 is 10.9 Å². The zero-order valence-corrected chi connectivity index (χ0v) is 14.5. The van der Waals surface area contributed by atoms with E-state index in [9.17, 15) is 14.0 Å². The Balaban J connectivity index is 1.69. The second-order valence-electron chi connectivity index (χ2n) is 6.56. The molecule has 2 aromatic rings. The molecule has 3 rings (SSSR count). The Morgan fingerprint density at radius 3 is 2.38 bits per heavy atom. The van der Waals surface area contributed by atoms with Gasteiger partial charge in [-0.25, -0.2) is 4.39 Å². The summed E-state index contributed by atoms with van der Waals surface area (Å²) >= 11 is 0. The smallest absolute Gasteiger partial charge is 0.269 e. The number of carbonyl (C=O) groups is 2. The van der Waals surface area contributed by atoms with Crippen LogP contribution in [0.15, 0.2) is 66.2 Å². The predicted octanol–water partition coefficient (Wildman–Crippen LogP) is 3.73. The van der Waals surface area contributed by atoms with Crippen molar-refractivity contribution in [1.29, 1.82) is 0 Å². The Bertz CT molecular complexity index is 816. The van der Waals surface area contributed by atoms with Crippen molar-refractivity contribution >= 4 is 11.8 Å². The molecule has 5 heteroatoms. The highest BCUT2D eigenvalue weighted by Crippen LogP contribution is 2.37. The zero-order valence-electron chi connectivity index (χ0n) is 14.5. The van der Waals surface area contributed by atoms with Crippen LogP contribution >= 0.6 is 0 Å². The third-order valence-corrected chi connectivity index (χ3v) is 4.72. The maximum Gasteiger partial charge on any atom is 0.269 e. The van der Waals surface area contributed by atoms with Crippen LogP contribution in [-0.2, 0) is 4.79 Å². The lowest BCUT2D eigenvalue weighted by Gasteiger charge is -2.30. The highest BCUT2D eigenvalue weighted by atomic mass is 19.1. The molecular formula is C21H21FN2O2. The molecule has 26 heavy (non-hydrogen) atoms. The van der Waals surface area contributed by atoms with Crippen molar-refractivity contribution < 1.29 is 14.0 Å². The number of hydrazine groups is 1. The summed E-state index contributed by atoms with van der Waals surface area (Å²) in [6.45, 7) is 2.03. The first-order valence-electron chi connectivity index (χ1n) is 8.61. The Morgan fingerprint density at radius 1 is 1.00 bits per heavy atom. The predicted molar refractivity (Wildman–Crippen MR) is 97.7 cm³/mol. The lowest BCUT2D eigenvalue weighted by Crippen LogP contribution is -2.46. The van der Waals surface area contributed by atoms with Gasteiger partial charge in [0.25, 0.3) is 5.91 Å². The quantitative estimate of drug-likeness (QED) is 0.653. The molecule has 0 saturated heterocycles. The Kier molecular flexibility index (Phi) is 5.46. The molecule has 0 fully saturated rings. The molecule has 0 bridgehead atoms. The van der Waals surface area contributed by atoms with Crippen LogP contribution in [0.2, 0.25) is 0 Å². The van der Waals surface area contributed by atoms with Gasteiger partial charge in [-0.2, -0.15) is 0 Å². The number of benzene rings is 2. The van der Waals surface area contributed by atoms with E-state index in [2.05, 4.69) is 10.9 Å². The van der Waals surface area contributed by atoms with E-state index < -0.39 is 0 Å². The summed E-state index contributed by atoms with van der Waals surface area (Å²) in [5, 5.41) is 0. The molecule has 0 aliphatic heterocycles. The van der Waals surface area contributed by atoms with E-state index in [0.29, 0.717) is 12.0 Å². The molecule has 1 aliphatic carbocycles. The molecule has 4 nitrogen and oxygen atoms in total. The summed E-state index contributed by atoms with van der Waals surface area (Å²) in [5.41, 5.74) is 7.61. The van der Waals surface area contributed by atoms with Gasteiger partial charge in [0, 0.05) is 5.56 Å². The van der Waals surface area contributed by atoms with Gasteiger partial charge in [-0.1, -0.05) is 42.0 Å². The van der Waals surface area contributed by atoms with E-state index in [4.69, 9.17) is 0 Å². The molecule has 2 amide bonds. The maximum absolute atomic E-state index is 13.2. The minimum atomic E-state index is -0.361. The van der Waals surface area contributed by atoms with Crippen molar-refractivity contribution in [3.05, 3.63) is 83.2 Å². The number of hydrogen-bond donors (Lipinski definition) is 2. The first kappa shape index (κ1) is 17.9. The number of amides is 2. The topological polar surface area (TPSA) is 58.2 Å². The van der Waals surface area contributed by atoms with Gasteiger partial charge in [0.15, 0.2) is 0 Å². The molecule has 2 aromatic carbocycles. The van der Waals surface area contributed by atoms with Gasteiger partial charge in [0.05, 0.1) is 5.92 Å². The normalized spacial score (nSPS) is 19.4. The van der Waals surface area contributed by atoms with Crippen LogP contribution in [0.4, 0.5) is 4.39 Å². The van der Waals surface area contributed by atoms with E-state index in [1.807, 2.05) is 19.1 Å². The third kappa shape index (κ3) is 4.17. The molecule has 2 N–H and O–H groups in total. The average Bonchev–Trinajstić information content (AvgIpc) is 2.67. The lowest BCUT2D eigenvalue weighted by molar-refractivity contribution is -0.126. The second kappa shape index (κ2) is 7.95. The molecule has 0 spiro atoms. The number of nitrogens with one attached hydrogen (secondary N) is 2. The van der Waals surface area contributed by atoms with Gasteiger partial charge in [-0.3, -0.25) is 20.4 Å². The molecule has 1 aliphatic rings. The summed E-state index contributed by atoms with van der Waals surface area (Å²) in [6.07, 6.45) is 3.36. The molecule has 134 valence electrons. The Hall–Kier alpha value is -2.95. The van der Waals surface area contributed by atoms with Crippen molar-refractivity contribution in [3.8, 4) is 0 Å². The van der Waals surface area contributed by atoms with E-state index >= 15 is 0 Å². The van der Waals surface area contributed by atoms with E-state index in [1.165, 1.54) is 17.7 Å². The van der Waals surface area contributed by atoms with Gasteiger partial charge in [0.1, 0.15) is 5.82 Å². The van der Waals surface area contributed by atoms with Gasteiger partial charge in [0.2, 0.25) is 5.91 Å². The number of allylic oxidation sites excluding steroid dienone is 2. The number of carbonyl (C=O) groups excluding carboxylic acids is 2. The second-order valence-corrected chi connectivity index (χ2v) is 6.56. The van der Waals surface area contributed by atoms with E-state index in [-0.39, 0.29) is 29.5 Å². The Morgan fingerprint density at radius 2 is 1.69 bits per heavy atom. The number of rotatable bonds is 3. The molecule has 0 radical (unpaired) electrons. The molecule has 0 heterocycles. The average molecular weight is 352 g/mol. The first-order valence-corrected chi connectivity index (χ1v) is 8.61. The van der Waals surface area contributed by atoms with Crippen LogP contribution in [-0.4, -0.2) is 11.8 Å². The van der Waals surface area contributed by atoms with Crippen LogP contribution in [0.1, 0.15) is 41.6 Å². The summed E-state index contributed by atoms with van der Waals surface area (Å²) < 4.78 is 13.2. The molecule has 2 unspecified atom stereocenters. The van der Waals surface area contributed by atoms with Crippen molar-refractivity contribution in [1.82, 2.24) is 10.9 Å². The van der Waals surface area contributed by atoms with Crippen LogP contribution in [0.5, 0.6) is 0 Å². The minimum absolute atomic E-state index is 0.0470. The van der Waals surface area contributed by atoms with E-state index in [1.54, 1.807) is 36.4 Å². The lowest BCUT2D eigenvalue weighted by atomic mass is 9.75. The largest absolute Gasteiger partial charge is 0.273 e. The van der Waals surface area contributed by atoms with Gasteiger partial charge >= 0.3 is 0 Å². The van der Waals surface area contributed by atoms with E-state index in [0.717, 1.165) is 12.0 Å².